The predicted octanol–water partition coefficient (Wildman–Crippen LogP) is 2.92. The van der Waals surface area contributed by atoms with Crippen molar-refractivity contribution in [2.75, 3.05) is 24.3 Å². The lowest BCUT2D eigenvalue weighted by Crippen LogP contribution is -2.15. The number of carbonyl (C=O) groups is 1. The maximum absolute atomic E-state index is 12.8. The highest BCUT2D eigenvalue weighted by Crippen LogP contribution is 2.29. The zero-order valence-corrected chi connectivity index (χ0v) is 17.4. The molecule has 0 aliphatic carbocycles. The quantitative estimate of drug-likeness (QED) is 0.594. The topological polar surface area (TPSA) is 120 Å². The van der Waals surface area contributed by atoms with Crippen molar-refractivity contribution in [2.45, 2.75) is 11.8 Å². The van der Waals surface area contributed by atoms with Gasteiger partial charge < -0.3 is 14.8 Å². The van der Waals surface area contributed by atoms with Crippen LogP contribution in [0.5, 0.6) is 11.5 Å². The van der Waals surface area contributed by atoms with Gasteiger partial charge in [0, 0.05) is 18.6 Å². The van der Waals surface area contributed by atoms with Crippen LogP contribution in [0.1, 0.15) is 6.92 Å². The molecule has 1 heterocycles. The summed E-state index contributed by atoms with van der Waals surface area (Å²) in [4.78, 5) is 19.5. The minimum absolute atomic E-state index is 0.0586. The first-order chi connectivity index (χ1) is 14.3. The van der Waals surface area contributed by atoms with Crippen LogP contribution in [0.3, 0.4) is 0 Å². The summed E-state index contributed by atoms with van der Waals surface area (Å²) in [6.07, 6.45) is 1.27. The second kappa shape index (κ2) is 8.78. The summed E-state index contributed by atoms with van der Waals surface area (Å²) in [6, 6.07) is 12.8. The Morgan fingerprint density at radius 1 is 0.967 bits per heavy atom. The molecule has 0 aliphatic heterocycles. The molecule has 10 heteroatoms. The summed E-state index contributed by atoms with van der Waals surface area (Å²) in [5.41, 5.74) is 1.56. The Balaban J connectivity index is 1.89. The first-order valence-corrected chi connectivity index (χ1v) is 10.3. The Labute approximate surface area is 174 Å². The number of nitrogens with zero attached hydrogens (tertiary/aromatic N) is 2. The Bertz CT molecular complexity index is 1160. The van der Waals surface area contributed by atoms with Crippen LogP contribution in [0.15, 0.2) is 59.8 Å². The van der Waals surface area contributed by atoms with Gasteiger partial charge in [-0.05, 0) is 42.5 Å². The monoisotopic (exact) mass is 428 g/mol. The largest absolute Gasteiger partial charge is 0.497 e. The molecular formula is C20H20N4O5S. The van der Waals surface area contributed by atoms with E-state index in [1.807, 2.05) is 12.1 Å². The molecule has 2 aromatic carbocycles. The number of benzene rings is 2. The van der Waals surface area contributed by atoms with E-state index >= 15 is 0 Å². The summed E-state index contributed by atoms with van der Waals surface area (Å²) in [7, 11) is -0.976. The second-order valence-electron chi connectivity index (χ2n) is 6.17. The van der Waals surface area contributed by atoms with Crippen LogP contribution in [-0.2, 0) is 14.8 Å². The average molecular weight is 428 g/mol. The third-order valence-corrected chi connectivity index (χ3v) is 5.44. The highest BCUT2D eigenvalue weighted by Gasteiger charge is 2.18. The highest BCUT2D eigenvalue weighted by atomic mass is 32.2. The van der Waals surface area contributed by atoms with Gasteiger partial charge in [-0.3, -0.25) is 9.52 Å². The third-order valence-electron chi connectivity index (χ3n) is 4.08. The van der Waals surface area contributed by atoms with Crippen molar-refractivity contribution < 1.29 is 22.7 Å². The van der Waals surface area contributed by atoms with Crippen LogP contribution in [0.25, 0.3) is 11.3 Å². The van der Waals surface area contributed by atoms with Crippen LogP contribution in [0.4, 0.5) is 11.5 Å². The first kappa shape index (κ1) is 21.1. The van der Waals surface area contributed by atoms with E-state index < -0.39 is 10.0 Å². The molecule has 30 heavy (non-hydrogen) atoms. The Morgan fingerprint density at radius 3 is 2.33 bits per heavy atom. The van der Waals surface area contributed by atoms with E-state index in [1.54, 1.807) is 19.2 Å². The second-order valence-corrected chi connectivity index (χ2v) is 7.85. The van der Waals surface area contributed by atoms with Gasteiger partial charge in [0.2, 0.25) is 5.91 Å². The van der Waals surface area contributed by atoms with Crippen molar-refractivity contribution in [3.05, 3.63) is 54.9 Å². The normalized spacial score (nSPS) is 10.9. The van der Waals surface area contributed by atoms with Crippen molar-refractivity contribution in [1.82, 2.24) is 9.97 Å². The number of amides is 1. The number of aromatic nitrogens is 2. The molecule has 1 aromatic heterocycles. The fraction of sp³-hybridized carbons (Fsp3) is 0.150. The van der Waals surface area contributed by atoms with E-state index in [4.69, 9.17) is 9.47 Å². The first-order valence-electron chi connectivity index (χ1n) is 8.77. The molecule has 0 spiro atoms. The zero-order chi connectivity index (χ0) is 21.7. The van der Waals surface area contributed by atoms with Gasteiger partial charge >= 0.3 is 0 Å². The number of hydrogen-bond acceptors (Lipinski definition) is 7. The van der Waals surface area contributed by atoms with Crippen LogP contribution < -0.4 is 19.5 Å². The molecule has 3 rings (SSSR count). The fourth-order valence-electron chi connectivity index (χ4n) is 2.67. The van der Waals surface area contributed by atoms with Gasteiger partial charge in [0.05, 0.1) is 30.5 Å². The molecule has 3 aromatic rings. The van der Waals surface area contributed by atoms with Crippen LogP contribution >= 0.6 is 0 Å². The molecule has 2 N–H and O–H groups in total. The lowest BCUT2D eigenvalue weighted by molar-refractivity contribution is -0.114. The van der Waals surface area contributed by atoms with Gasteiger partial charge in [-0.2, -0.15) is 0 Å². The number of nitrogens with one attached hydrogen (secondary N) is 2. The number of methoxy groups -OCH3 is 2. The maximum Gasteiger partial charge on any atom is 0.263 e. The van der Waals surface area contributed by atoms with E-state index in [9.17, 15) is 13.2 Å². The number of hydrogen-bond donors (Lipinski definition) is 2. The lowest BCUT2D eigenvalue weighted by Gasteiger charge is -2.12. The molecule has 156 valence electrons. The fourth-order valence-corrected chi connectivity index (χ4v) is 3.70. The Hall–Kier alpha value is -3.66. The van der Waals surface area contributed by atoms with Gasteiger partial charge in [-0.15, -0.1) is 0 Å². The summed E-state index contributed by atoms with van der Waals surface area (Å²) >= 11 is 0. The molecule has 0 saturated carbocycles. The lowest BCUT2D eigenvalue weighted by atomic mass is 10.1. The summed E-state index contributed by atoms with van der Waals surface area (Å²) in [5, 5.41) is 2.55. The number of carbonyl (C=O) groups excluding carboxylic acids is 1. The van der Waals surface area contributed by atoms with Gasteiger partial charge in [0.25, 0.3) is 10.0 Å². The third kappa shape index (κ3) is 4.84. The highest BCUT2D eigenvalue weighted by molar-refractivity contribution is 7.92. The molecule has 0 bridgehead atoms. The minimum atomic E-state index is -3.97. The van der Waals surface area contributed by atoms with Crippen molar-refractivity contribution in [1.29, 1.82) is 0 Å². The molecular weight excluding hydrogens is 408 g/mol. The maximum atomic E-state index is 12.8. The van der Waals surface area contributed by atoms with Crippen LogP contribution in [-0.4, -0.2) is 38.5 Å². The molecule has 0 saturated heterocycles. The molecule has 0 unspecified atom stereocenters. The minimum Gasteiger partial charge on any atom is -0.497 e. The number of ether oxygens (including phenoxy) is 2. The van der Waals surface area contributed by atoms with Gasteiger partial charge in [-0.1, -0.05) is 0 Å². The summed E-state index contributed by atoms with van der Waals surface area (Å²) in [5.74, 6) is 0.791. The number of sulfonamides is 1. The predicted molar refractivity (Wildman–Crippen MR) is 112 cm³/mol. The summed E-state index contributed by atoms with van der Waals surface area (Å²) in [6.45, 7) is 1.32. The van der Waals surface area contributed by atoms with Crippen molar-refractivity contribution in [3.63, 3.8) is 0 Å². The van der Waals surface area contributed by atoms with Gasteiger partial charge in [0.15, 0.2) is 0 Å². The van der Waals surface area contributed by atoms with Gasteiger partial charge in [0.1, 0.15) is 23.6 Å². The van der Waals surface area contributed by atoms with Gasteiger partial charge in [-0.25, -0.2) is 18.4 Å². The number of anilines is 2. The van der Waals surface area contributed by atoms with Crippen molar-refractivity contribution in [2.24, 2.45) is 0 Å². The van der Waals surface area contributed by atoms with Crippen molar-refractivity contribution >= 4 is 27.4 Å². The smallest absolute Gasteiger partial charge is 0.263 e. The Kier molecular flexibility index (Phi) is 6.17. The molecule has 1 amide bonds. The molecule has 9 nitrogen and oxygen atoms in total. The van der Waals surface area contributed by atoms with E-state index in [0.29, 0.717) is 17.2 Å². The molecule has 0 radical (unpaired) electrons. The van der Waals surface area contributed by atoms with E-state index in [-0.39, 0.29) is 22.3 Å². The Morgan fingerprint density at radius 2 is 1.70 bits per heavy atom. The SMILES string of the molecule is COc1ccc(-c2cc(NS(=O)(=O)c3ccc(OC)c(NC(C)=O)c3)ncn2)cc1. The summed E-state index contributed by atoms with van der Waals surface area (Å²) < 4.78 is 38.4. The van der Waals surface area contributed by atoms with Crippen LogP contribution in [0, 0.1) is 0 Å². The molecule has 0 atom stereocenters. The van der Waals surface area contributed by atoms with Crippen LogP contribution in [0.2, 0.25) is 0 Å². The van der Waals surface area contributed by atoms with E-state index in [1.165, 1.54) is 44.6 Å². The number of rotatable bonds is 7. The molecule has 0 fully saturated rings. The van der Waals surface area contributed by atoms with E-state index in [2.05, 4.69) is 20.0 Å². The standard InChI is InChI=1S/C20H20N4O5S/c1-13(25)23-18-10-16(8-9-19(18)29-3)30(26,27)24-20-11-17(21-12-22-20)14-4-6-15(28-2)7-5-14/h4-12H,1-3H3,(H,23,25)(H,21,22,24). The zero-order valence-electron chi connectivity index (χ0n) is 16.5. The molecule has 0 aliphatic rings. The van der Waals surface area contributed by atoms with Crippen molar-refractivity contribution in [3.8, 4) is 22.8 Å². The van der Waals surface area contributed by atoms with E-state index in [0.717, 1.165) is 5.56 Å². The average Bonchev–Trinajstić information content (AvgIpc) is 2.73.